The van der Waals surface area contributed by atoms with E-state index in [1.807, 2.05) is 25.1 Å². The Bertz CT molecular complexity index is 388. The van der Waals surface area contributed by atoms with Crippen LogP contribution in [0.25, 0.3) is 0 Å². The highest BCUT2D eigenvalue weighted by atomic mass is 16.4. The zero-order valence-electron chi connectivity index (χ0n) is 9.19. The van der Waals surface area contributed by atoms with Crippen molar-refractivity contribution in [2.45, 2.75) is 19.8 Å². The number of carbonyl (C=O) groups excluding carboxylic acids is 1. The fraction of sp³-hybridized carbons (Fsp3) is 0.333. The van der Waals surface area contributed by atoms with Crippen LogP contribution in [0.4, 0.5) is 0 Å². The Kier molecular flexibility index (Phi) is 4.51. The minimum atomic E-state index is -0.914. The molecule has 0 saturated carbocycles. The number of aryl methyl sites for hydroxylation is 1. The highest BCUT2D eigenvalue weighted by Crippen LogP contribution is 2.05. The van der Waals surface area contributed by atoms with Gasteiger partial charge in [0.2, 0.25) is 0 Å². The first-order chi connectivity index (χ1) is 7.63. The van der Waals surface area contributed by atoms with Gasteiger partial charge in [0.15, 0.2) is 0 Å². The summed E-state index contributed by atoms with van der Waals surface area (Å²) in [5.74, 6) is -1.14. The number of amides is 1. The molecule has 0 fully saturated rings. The van der Waals surface area contributed by atoms with Crippen molar-refractivity contribution in [3.05, 3.63) is 35.4 Å². The largest absolute Gasteiger partial charge is 0.481 e. The van der Waals surface area contributed by atoms with Crippen LogP contribution < -0.4 is 5.32 Å². The molecule has 0 heterocycles. The van der Waals surface area contributed by atoms with Crippen molar-refractivity contribution < 1.29 is 14.7 Å². The first-order valence-electron chi connectivity index (χ1n) is 5.22. The second-order valence-corrected chi connectivity index (χ2v) is 3.45. The average molecular weight is 221 g/mol. The van der Waals surface area contributed by atoms with E-state index in [-0.39, 0.29) is 18.9 Å². The zero-order valence-corrected chi connectivity index (χ0v) is 9.19. The number of benzene rings is 1. The molecule has 2 N–H and O–H groups in total. The summed E-state index contributed by atoms with van der Waals surface area (Å²) in [6.45, 7) is 2.17. The third-order valence-corrected chi connectivity index (χ3v) is 2.22. The van der Waals surface area contributed by atoms with Crippen LogP contribution in [0.2, 0.25) is 0 Å². The highest BCUT2D eigenvalue weighted by molar-refractivity contribution is 5.94. The van der Waals surface area contributed by atoms with Crippen molar-refractivity contribution in [3.63, 3.8) is 0 Å². The third kappa shape index (κ3) is 3.73. The predicted molar refractivity (Wildman–Crippen MR) is 60.4 cm³/mol. The number of carbonyl (C=O) groups is 2. The Morgan fingerprint density at radius 2 is 2.12 bits per heavy atom. The molecule has 4 nitrogen and oxygen atoms in total. The molecule has 1 amide bonds. The number of carboxylic acid groups (broad SMARTS) is 1. The van der Waals surface area contributed by atoms with Crippen molar-refractivity contribution in [1.29, 1.82) is 0 Å². The summed E-state index contributed by atoms with van der Waals surface area (Å²) in [6.07, 6.45) is 0.815. The molecule has 1 aromatic rings. The Labute approximate surface area is 94.3 Å². The number of hydrogen-bond acceptors (Lipinski definition) is 2. The van der Waals surface area contributed by atoms with Crippen LogP contribution in [0.15, 0.2) is 24.3 Å². The molecule has 0 atom stereocenters. The van der Waals surface area contributed by atoms with Gasteiger partial charge in [0.25, 0.3) is 5.91 Å². The van der Waals surface area contributed by atoms with Crippen LogP contribution in [0.1, 0.15) is 29.3 Å². The van der Waals surface area contributed by atoms with Gasteiger partial charge in [-0.05, 0) is 24.1 Å². The van der Waals surface area contributed by atoms with Gasteiger partial charge >= 0.3 is 5.97 Å². The van der Waals surface area contributed by atoms with Gasteiger partial charge in [-0.25, -0.2) is 0 Å². The summed E-state index contributed by atoms with van der Waals surface area (Å²) >= 11 is 0. The van der Waals surface area contributed by atoms with Gasteiger partial charge in [-0.3, -0.25) is 9.59 Å². The van der Waals surface area contributed by atoms with Gasteiger partial charge in [-0.15, -0.1) is 0 Å². The van der Waals surface area contributed by atoms with Crippen molar-refractivity contribution in [2.75, 3.05) is 6.54 Å². The molecule has 0 aromatic heterocycles. The van der Waals surface area contributed by atoms with Gasteiger partial charge in [-0.1, -0.05) is 19.1 Å². The Hall–Kier alpha value is -1.84. The SMILES string of the molecule is CCc1cccc(C(=O)NCCC(=O)O)c1. The van der Waals surface area contributed by atoms with Crippen LogP contribution in [-0.2, 0) is 11.2 Å². The molecule has 16 heavy (non-hydrogen) atoms. The fourth-order valence-corrected chi connectivity index (χ4v) is 1.32. The second-order valence-electron chi connectivity index (χ2n) is 3.45. The maximum absolute atomic E-state index is 11.6. The molecule has 86 valence electrons. The number of rotatable bonds is 5. The van der Waals surface area contributed by atoms with Crippen molar-refractivity contribution in [2.24, 2.45) is 0 Å². The molecular weight excluding hydrogens is 206 g/mol. The van der Waals surface area contributed by atoms with Gasteiger partial charge in [0, 0.05) is 12.1 Å². The van der Waals surface area contributed by atoms with Gasteiger partial charge in [-0.2, -0.15) is 0 Å². The smallest absolute Gasteiger partial charge is 0.305 e. The highest BCUT2D eigenvalue weighted by Gasteiger charge is 2.05. The monoisotopic (exact) mass is 221 g/mol. The Morgan fingerprint density at radius 3 is 2.75 bits per heavy atom. The maximum atomic E-state index is 11.6. The fourth-order valence-electron chi connectivity index (χ4n) is 1.32. The van der Waals surface area contributed by atoms with E-state index < -0.39 is 5.97 Å². The third-order valence-electron chi connectivity index (χ3n) is 2.22. The van der Waals surface area contributed by atoms with E-state index in [1.54, 1.807) is 6.07 Å². The number of aliphatic carboxylic acids is 1. The lowest BCUT2D eigenvalue weighted by Gasteiger charge is -2.04. The Balaban J connectivity index is 2.55. The summed E-state index contributed by atoms with van der Waals surface area (Å²) in [7, 11) is 0. The van der Waals surface area contributed by atoms with Gasteiger partial charge in [0.05, 0.1) is 6.42 Å². The second kappa shape index (κ2) is 5.90. The van der Waals surface area contributed by atoms with Crippen LogP contribution in [0.3, 0.4) is 0 Å². The molecule has 1 rings (SSSR count). The molecule has 0 aliphatic carbocycles. The van der Waals surface area contributed by atoms with E-state index in [0.717, 1.165) is 12.0 Å². The lowest BCUT2D eigenvalue weighted by atomic mass is 10.1. The summed E-state index contributed by atoms with van der Waals surface area (Å²) in [5.41, 5.74) is 1.66. The van der Waals surface area contributed by atoms with E-state index in [2.05, 4.69) is 5.32 Å². The lowest BCUT2D eigenvalue weighted by Crippen LogP contribution is -2.26. The van der Waals surface area contributed by atoms with Crippen molar-refractivity contribution in [1.82, 2.24) is 5.32 Å². The van der Waals surface area contributed by atoms with Crippen LogP contribution in [-0.4, -0.2) is 23.5 Å². The van der Waals surface area contributed by atoms with E-state index in [9.17, 15) is 9.59 Å². The molecule has 1 aromatic carbocycles. The van der Waals surface area contributed by atoms with Crippen molar-refractivity contribution in [3.8, 4) is 0 Å². The number of hydrogen-bond donors (Lipinski definition) is 2. The van der Waals surface area contributed by atoms with E-state index in [1.165, 1.54) is 0 Å². The van der Waals surface area contributed by atoms with Gasteiger partial charge in [0.1, 0.15) is 0 Å². The van der Waals surface area contributed by atoms with E-state index >= 15 is 0 Å². The molecule has 0 aliphatic heterocycles. The van der Waals surface area contributed by atoms with Crippen LogP contribution in [0, 0.1) is 0 Å². The lowest BCUT2D eigenvalue weighted by molar-refractivity contribution is -0.136. The summed E-state index contributed by atoms with van der Waals surface area (Å²) in [4.78, 5) is 21.9. The average Bonchev–Trinajstić information content (AvgIpc) is 2.28. The van der Waals surface area contributed by atoms with Crippen molar-refractivity contribution >= 4 is 11.9 Å². The number of carboxylic acids is 1. The molecule has 0 bridgehead atoms. The first kappa shape index (κ1) is 12.2. The quantitative estimate of drug-likeness (QED) is 0.790. The number of nitrogens with one attached hydrogen (secondary N) is 1. The van der Waals surface area contributed by atoms with Crippen LogP contribution in [0.5, 0.6) is 0 Å². The van der Waals surface area contributed by atoms with E-state index in [4.69, 9.17) is 5.11 Å². The molecular formula is C12H15NO3. The first-order valence-corrected chi connectivity index (χ1v) is 5.22. The maximum Gasteiger partial charge on any atom is 0.305 e. The minimum absolute atomic E-state index is 0.0563. The summed E-state index contributed by atoms with van der Waals surface area (Å²) < 4.78 is 0. The predicted octanol–water partition coefficient (Wildman–Crippen LogP) is 1.45. The molecule has 0 radical (unpaired) electrons. The molecule has 0 saturated heterocycles. The standard InChI is InChI=1S/C12H15NO3/c1-2-9-4-3-5-10(8-9)12(16)13-7-6-11(14)15/h3-5,8H,2,6-7H2,1H3,(H,13,16)(H,14,15). The summed E-state index contributed by atoms with van der Waals surface area (Å²) in [6, 6.07) is 7.31. The summed E-state index contributed by atoms with van der Waals surface area (Å²) in [5, 5.41) is 11.0. The Morgan fingerprint density at radius 1 is 1.38 bits per heavy atom. The molecule has 4 heteroatoms. The zero-order chi connectivity index (χ0) is 12.0. The van der Waals surface area contributed by atoms with E-state index in [0.29, 0.717) is 5.56 Å². The van der Waals surface area contributed by atoms with Crippen LogP contribution >= 0.6 is 0 Å². The molecule has 0 spiro atoms. The molecule has 0 aliphatic rings. The molecule has 0 unspecified atom stereocenters. The topological polar surface area (TPSA) is 66.4 Å². The van der Waals surface area contributed by atoms with Gasteiger partial charge < -0.3 is 10.4 Å². The minimum Gasteiger partial charge on any atom is -0.481 e. The normalized spacial score (nSPS) is 9.81.